The zero-order valence-electron chi connectivity index (χ0n) is 47.1. The number of benzene rings is 2. The van der Waals surface area contributed by atoms with E-state index in [9.17, 15) is 28.8 Å². The van der Waals surface area contributed by atoms with E-state index >= 15 is 0 Å². The van der Waals surface area contributed by atoms with Gasteiger partial charge in [0.2, 0.25) is 5.91 Å². The number of ether oxygens (including phenoxy) is 9. The molecule has 428 valence electrons. The molecule has 1 aromatic heterocycles. The molecule has 0 aliphatic heterocycles. The van der Waals surface area contributed by atoms with E-state index in [-0.39, 0.29) is 58.0 Å². The number of carbonyl (C=O) groups excluding carboxylic acids is 6. The molecular weight excluding hydrogens is 995 g/mol. The molecule has 4 atom stereocenters. The predicted octanol–water partition coefficient (Wildman–Crippen LogP) is 6.92. The molecule has 3 aromatic rings. The minimum absolute atomic E-state index is 0.0791. The smallest absolute Gasteiger partial charge is 0.408 e. The van der Waals surface area contributed by atoms with Gasteiger partial charge in [-0.1, -0.05) is 102 Å². The molecular formula is C57H85N5O15. The Morgan fingerprint density at radius 1 is 0.623 bits per heavy atom. The number of rotatable bonds is 34. The van der Waals surface area contributed by atoms with E-state index in [4.69, 9.17) is 42.6 Å². The van der Waals surface area contributed by atoms with Crippen LogP contribution < -0.4 is 16.1 Å². The van der Waals surface area contributed by atoms with Gasteiger partial charge in [0.15, 0.2) is 5.78 Å². The van der Waals surface area contributed by atoms with E-state index in [1.165, 1.54) is 7.11 Å². The Morgan fingerprint density at radius 3 is 1.74 bits per heavy atom. The van der Waals surface area contributed by atoms with Crippen LogP contribution in [-0.4, -0.2) is 157 Å². The highest BCUT2D eigenvalue weighted by Crippen LogP contribution is 2.31. The van der Waals surface area contributed by atoms with Gasteiger partial charge in [0.1, 0.15) is 24.9 Å². The number of carbonyl (C=O) groups is 6. The lowest BCUT2D eigenvalue weighted by molar-refractivity contribution is -0.155. The highest BCUT2D eigenvalue weighted by Gasteiger charge is 2.39. The zero-order valence-corrected chi connectivity index (χ0v) is 47.1. The van der Waals surface area contributed by atoms with Gasteiger partial charge in [-0.25, -0.2) is 14.6 Å². The minimum Gasteiger partial charge on any atom is -0.469 e. The summed E-state index contributed by atoms with van der Waals surface area (Å²) < 4.78 is 49.0. The highest BCUT2D eigenvalue weighted by atomic mass is 16.6. The van der Waals surface area contributed by atoms with Crippen molar-refractivity contribution >= 4 is 35.8 Å². The number of hydrogen-bond acceptors (Lipinski definition) is 17. The van der Waals surface area contributed by atoms with Gasteiger partial charge in [-0.3, -0.25) is 29.6 Å². The third-order valence-corrected chi connectivity index (χ3v) is 11.8. The van der Waals surface area contributed by atoms with Crippen LogP contribution >= 0.6 is 0 Å². The van der Waals surface area contributed by atoms with Gasteiger partial charge in [-0.15, -0.1) is 0 Å². The predicted molar refractivity (Wildman–Crippen MR) is 288 cm³/mol. The Labute approximate surface area is 455 Å². The second-order valence-corrected chi connectivity index (χ2v) is 21.5. The molecule has 3 rings (SSSR count). The number of hydrogen-bond donors (Lipinski definition) is 3. The van der Waals surface area contributed by atoms with Crippen LogP contribution in [0.4, 0.5) is 9.59 Å². The number of pyridine rings is 1. The number of nitrogens with zero attached hydrogens (tertiary/aromatic N) is 2. The molecule has 20 heteroatoms. The first-order valence-electron chi connectivity index (χ1n) is 26.1. The Morgan fingerprint density at radius 2 is 1.21 bits per heavy atom. The zero-order chi connectivity index (χ0) is 56.9. The van der Waals surface area contributed by atoms with Crippen LogP contribution in [0.25, 0.3) is 11.3 Å². The molecule has 0 saturated heterocycles. The molecule has 0 radical (unpaired) electrons. The first-order chi connectivity index (χ1) is 36.5. The monoisotopic (exact) mass is 1080 g/mol. The molecule has 0 aliphatic rings. The molecule has 0 aliphatic carbocycles. The summed E-state index contributed by atoms with van der Waals surface area (Å²) in [5.74, 6) is -3.94. The van der Waals surface area contributed by atoms with Crippen LogP contribution in [0.15, 0.2) is 79.0 Å². The van der Waals surface area contributed by atoms with Crippen LogP contribution in [-0.2, 0) is 74.8 Å². The topological polar surface area (TPSA) is 238 Å². The van der Waals surface area contributed by atoms with Crippen molar-refractivity contribution in [3.8, 4) is 11.3 Å². The lowest BCUT2D eigenvalue weighted by atomic mass is 9.78. The second kappa shape index (κ2) is 34.0. The number of Topliss-reactive ketones (excluding diaryl/α,β-unsaturated/α-hetero) is 1. The SMILES string of the molecule is COCCOCCOCCOCCOCCOC(=O)N[C@H](C(=O)C[C@@H](Cc1ccccc1)[C@H](CN(Cc1ccc(-c2ccccn2)cc1)NC(=O)[C@@H](CC(=O)OC)C(C)(C)C)OC(=O)CNC(=O)OC(C)(C)C)C(C)(C)C. The summed E-state index contributed by atoms with van der Waals surface area (Å²) in [4.78, 5) is 86.5. The molecule has 3 amide bonds. The minimum atomic E-state index is -1.15. The van der Waals surface area contributed by atoms with E-state index in [0.717, 1.165) is 22.4 Å². The first kappa shape index (κ1) is 65.3. The standard InChI is InChI=1S/C57H85N5O15/c1-55(2,3)45(37-49(64)70-11)52(66)61-62(39-42-20-22-43(23-21-42)46-19-15-16-24-58-46)40-48(76-50(65)38-59-53(67)77-57(7,8)9)44(35-41-17-13-12-14-18-41)36-47(63)51(56(4,5)6)60-54(68)75-34-33-74-32-31-73-30-29-72-28-27-71-26-25-69-10/h12-24,44-45,48,51H,25-40H2,1-11H3,(H,59,67)(H,60,68)(H,61,66)/t44-,45-,48+,51-/m1/s1. The molecule has 3 N–H and O–H groups in total. The maximum Gasteiger partial charge on any atom is 0.408 e. The van der Waals surface area contributed by atoms with Gasteiger partial charge in [0, 0.05) is 37.8 Å². The van der Waals surface area contributed by atoms with E-state index < -0.39 is 77.0 Å². The number of aromatic nitrogens is 1. The van der Waals surface area contributed by atoms with Crippen LogP contribution in [0.5, 0.6) is 0 Å². The number of nitrogens with one attached hydrogen (secondary N) is 3. The maximum atomic E-state index is 14.8. The fourth-order valence-electron chi connectivity index (χ4n) is 7.79. The third kappa shape index (κ3) is 27.2. The number of methoxy groups -OCH3 is 2. The second-order valence-electron chi connectivity index (χ2n) is 21.5. The lowest BCUT2D eigenvalue weighted by Gasteiger charge is -2.36. The fraction of sp³-hybridized carbons (Fsp3) is 0.596. The highest BCUT2D eigenvalue weighted by molar-refractivity contribution is 5.88. The maximum absolute atomic E-state index is 14.8. The van der Waals surface area contributed by atoms with E-state index in [0.29, 0.717) is 46.2 Å². The van der Waals surface area contributed by atoms with Crippen LogP contribution in [0, 0.1) is 22.7 Å². The molecule has 0 fully saturated rings. The molecule has 0 spiro atoms. The normalized spacial score (nSPS) is 13.4. The number of ketones is 1. The van der Waals surface area contributed by atoms with E-state index in [1.54, 1.807) is 39.1 Å². The summed E-state index contributed by atoms with van der Waals surface area (Å²) in [6.45, 7) is 18.6. The number of hydrazine groups is 1. The van der Waals surface area contributed by atoms with E-state index in [2.05, 4.69) is 21.0 Å². The number of esters is 2. The molecule has 0 bridgehead atoms. The average Bonchev–Trinajstić information content (AvgIpc) is 3.36. The summed E-state index contributed by atoms with van der Waals surface area (Å²) in [5.41, 5.74) is 3.83. The van der Waals surface area contributed by atoms with Crippen molar-refractivity contribution in [1.29, 1.82) is 0 Å². The van der Waals surface area contributed by atoms with Gasteiger partial charge in [-0.2, -0.15) is 0 Å². The van der Waals surface area contributed by atoms with Crippen LogP contribution in [0.3, 0.4) is 0 Å². The Kier molecular flexibility index (Phi) is 28.8. The molecule has 77 heavy (non-hydrogen) atoms. The van der Waals surface area contributed by atoms with E-state index in [1.807, 2.05) is 114 Å². The van der Waals surface area contributed by atoms with Crippen molar-refractivity contribution < 1.29 is 71.4 Å². The summed E-state index contributed by atoms with van der Waals surface area (Å²) in [6, 6.07) is 21.4. The average molecular weight is 1080 g/mol. The van der Waals surface area contributed by atoms with Crippen molar-refractivity contribution in [2.45, 2.75) is 106 Å². The van der Waals surface area contributed by atoms with Gasteiger partial charge in [0.05, 0.1) is 97.2 Å². The lowest BCUT2D eigenvalue weighted by Crippen LogP contribution is -2.53. The van der Waals surface area contributed by atoms with Gasteiger partial charge >= 0.3 is 24.1 Å². The molecule has 0 unspecified atom stereocenters. The molecule has 20 nitrogen and oxygen atoms in total. The van der Waals surface area contributed by atoms with Crippen molar-refractivity contribution in [2.75, 3.05) is 93.4 Å². The van der Waals surface area contributed by atoms with Gasteiger partial charge < -0.3 is 53.3 Å². The Hall–Kier alpha value is -6.03. The molecule has 0 saturated carbocycles. The van der Waals surface area contributed by atoms with Gasteiger partial charge in [-0.05, 0) is 61.3 Å². The Bertz CT molecular complexity index is 2210. The van der Waals surface area contributed by atoms with Gasteiger partial charge in [0.25, 0.3) is 0 Å². The molecule has 2 aromatic carbocycles. The summed E-state index contributed by atoms with van der Waals surface area (Å²) in [5, 5.41) is 6.83. The summed E-state index contributed by atoms with van der Waals surface area (Å²) >= 11 is 0. The van der Waals surface area contributed by atoms with Crippen molar-refractivity contribution in [2.24, 2.45) is 22.7 Å². The van der Waals surface area contributed by atoms with Crippen LogP contribution in [0.1, 0.15) is 86.3 Å². The summed E-state index contributed by atoms with van der Waals surface area (Å²) in [6.07, 6.45) is -1.36. The van der Waals surface area contributed by atoms with Crippen LogP contribution in [0.2, 0.25) is 0 Å². The van der Waals surface area contributed by atoms with Crippen molar-refractivity contribution in [1.82, 2.24) is 26.1 Å². The number of alkyl carbamates (subject to hydrolysis) is 2. The van der Waals surface area contributed by atoms with Crippen molar-refractivity contribution in [3.05, 3.63) is 90.1 Å². The quantitative estimate of drug-likeness (QED) is 0.0238. The van der Waals surface area contributed by atoms with Crippen molar-refractivity contribution in [3.63, 3.8) is 0 Å². The fourth-order valence-corrected chi connectivity index (χ4v) is 7.79. The first-order valence-corrected chi connectivity index (χ1v) is 26.1. The summed E-state index contributed by atoms with van der Waals surface area (Å²) in [7, 11) is 2.87. The Balaban J connectivity index is 1.93. The number of amides is 3. The third-order valence-electron chi connectivity index (χ3n) is 11.8. The largest absolute Gasteiger partial charge is 0.469 e. The molecule has 1 heterocycles.